The molecule has 6 rings (SSSR count). The van der Waals surface area contributed by atoms with Gasteiger partial charge >= 0.3 is 5.97 Å². The molecule has 5 atom stereocenters. The first kappa shape index (κ1) is 27.9. The fourth-order valence-corrected chi connectivity index (χ4v) is 7.87. The third-order valence-electron chi connectivity index (χ3n) is 9.01. The zero-order valence-electron chi connectivity index (χ0n) is 22.1. The van der Waals surface area contributed by atoms with Crippen LogP contribution >= 0.6 is 23.2 Å². The number of aliphatic hydroxyl groups excluding tert-OH is 1. The molecule has 0 aliphatic carbocycles. The second kappa shape index (κ2) is 9.39. The van der Waals surface area contributed by atoms with Crippen molar-refractivity contribution in [2.75, 3.05) is 23.8 Å². The number of aliphatic carboxylic acids is 1. The molecule has 1 amide bonds. The van der Waals surface area contributed by atoms with Crippen LogP contribution in [0, 0.1) is 11.3 Å². The molecule has 3 heterocycles. The van der Waals surface area contributed by atoms with Crippen LogP contribution in [0.3, 0.4) is 0 Å². The number of carbonyl (C=O) groups excluding carboxylic acids is 1. The van der Waals surface area contributed by atoms with Gasteiger partial charge in [0.05, 0.1) is 28.6 Å². The lowest BCUT2D eigenvalue weighted by molar-refractivity contribution is -0.157. The van der Waals surface area contributed by atoms with E-state index < -0.39 is 59.9 Å². The maximum atomic E-state index is 15.2. The van der Waals surface area contributed by atoms with Gasteiger partial charge in [-0.3, -0.25) is 14.5 Å². The summed E-state index contributed by atoms with van der Waals surface area (Å²) < 4.78 is 30.4. The monoisotopic (exact) mass is 601 g/mol. The van der Waals surface area contributed by atoms with E-state index in [2.05, 4.69) is 5.32 Å². The van der Waals surface area contributed by atoms with E-state index in [1.165, 1.54) is 35.9 Å². The van der Waals surface area contributed by atoms with Gasteiger partial charge in [0, 0.05) is 35.8 Å². The molecule has 41 heavy (non-hydrogen) atoms. The number of alkyl halides is 2. The molecular weight excluding hydrogens is 575 g/mol. The summed E-state index contributed by atoms with van der Waals surface area (Å²) >= 11 is 12.7. The lowest BCUT2D eigenvalue weighted by atomic mass is 9.64. The Kier molecular flexibility index (Phi) is 6.39. The van der Waals surface area contributed by atoms with Crippen LogP contribution in [0.5, 0.6) is 0 Å². The minimum Gasteiger partial charge on any atom is -0.481 e. The minimum absolute atomic E-state index is 0.102. The van der Waals surface area contributed by atoms with Gasteiger partial charge in [0.2, 0.25) is 5.91 Å². The van der Waals surface area contributed by atoms with Gasteiger partial charge in [-0.2, -0.15) is 0 Å². The van der Waals surface area contributed by atoms with Crippen LogP contribution in [0.1, 0.15) is 18.9 Å². The van der Waals surface area contributed by atoms with Crippen molar-refractivity contribution in [3.8, 4) is 11.1 Å². The molecule has 3 aromatic rings. The van der Waals surface area contributed by atoms with Crippen molar-refractivity contribution in [3.05, 3.63) is 82.3 Å². The smallest absolute Gasteiger partial charge is 0.310 e. The Hall–Kier alpha value is -3.24. The first-order valence-corrected chi connectivity index (χ1v) is 13.8. The van der Waals surface area contributed by atoms with E-state index in [0.29, 0.717) is 5.69 Å². The molecule has 0 bridgehead atoms. The summed E-state index contributed by atoms with van der Waals surface area (Å²) in [7, 11) is 1.50. The van der Waals surface area contributed by atoms with Gasteiger partial charge in [0.15, 0.2) is 0 Å². The minimum atomic E-state index is -3.24. The highest BCUT2D eigenvalue weighted by Crippen LogP contribution is 2.66. The van der Waals surface area contributed by atoms with Crippen molar-refractivity contribution in [3.63, 3.8) is 0 Å². The fourth-order valence-electron chi connectivity index (χ4n) is 7.33. The number of hydrogen-bond donors (Lipinski definition) is 3. The number of fused-ring (bicyclic) bond motifs is 4. The van der Waals surface area contributed by atoms with Gasteiger partial charge < -0.3 is 20.4 Å². The summed E-state index contributed by atoms with van der Waals surface area (Å²) in [6.45, 7) is 0.566. The average Bonchev–Trinajstić information content (AvgIpc) is 3.49. The second-order valence-electron chi connectivity index (χ2n) is 11.2. The number of hydrogen-bond acceptors (Lipinski definition) is 5. The van der Waals surface area contributed by atoms with Crippen molar-refractivity contribution in [1.82, 2.24) is 4.90 Å². The second-order valence-corrected chi connectivity index (χ2v) is 12.1. The Morgan fingerprint density at radius 3 is 2.41 bits per heavy atom. The molecule has 11 heteroatoms. The van der Waals surface area contributed by atoms with E-state index in [4.69, 9.17) is 23.2 Å². The molecule has 214 valence electrons. The Bertz CT molecular complexity index is 1570. The van der Waals surface area contributed by atoms with E-state index >= 15 is 8.78 Å². The molecule has 3 aromatic carbocycles. The Balaban J connectivity index is 1.52. The number of anilines is 2. The van der Waals surface area contributed by atoms with E-state index in [1.54, 1.807) is 18.2 Å². The van der Waals surface area contributed by atoms with Gasteiger partial charge in [-0.15, -0.1) is 0 Å². The zero-order chi connectivity index (χ0) is 29.5. The Morgan fingerprint density at radius 1 is 1.05 bits per heavy atom. The summed E-state index contributed by atoms with van der Waals surface area (Å²) in [5.41, 5.74) is -1.26. The molecule has 7 nitrogen and oxygen atoms in total. The molecule has 3 aliphatic rings. The summed E-state index contributed by atoms with van der Waals surface area (Å²) in [6.07, 6.45) is -2.41. The van der Waals surface area contributed by atoms with Crippen molar-refractivity contribution in [1.29, 1.82) is 0 Å². The predicted octanol–water partition coefficient (Wildman–Crippen LogP) is 5.69. The molecule has 3 aliphatic heterocycles. The van der Waals surface area contributed by atoms with E-state index in [0.717, 1.165) is 11.1 Å². The van der Waals surface area contributed by atoms with Crippen molar-refractivity contribution in [2.24, 2.45) is 11.3 Å². The molecule has 1 spiro atoms. The third-order valence-corrected chi connectivity index (χ3v) is 9.53. The lowest BCUT2D eigenvalue weighted by Gasteiger charge is -2.41. The quantitative estimate of drug-likeness (QED) is 0.355. The number of carboxylic acids is 1. The van der Waals surface area contributed by atoms with Crippen LogP contribution < -0.4 is 10.2 Å². The van der Waals surface area contributed by atoms with E-state index in [-0.39, 0.29) is 21.3 Å². The zero-order valence-corrected chi connectivity index (χ0v) is 23.6. The summed E-state index contributed by atoms with van der Waals surface area (Å²) in [5.74, 6) is -6.94. The van der Waals surface area contributed by atoms with Crippen molar-refractivity contribution in [2.45, 2.75) is 37.1 Å². The number of amides is 1. The number of rotatable bonds is 4. The normalized spacial score (nSPS) is 29.7. The number of halogens is 4. The predicted molar refractivity (Wildman–Crippen MR) is 152 cm³/mol. The molecule has 0 saturated carbocycles. The summed E-state index contributed by atoms with van der Waals surface area (Å²) in [6, 6.07) is 18.3. The maximum Gasteiger partial charge on any atom is 0.310 e. The van der Waals surface area contributed by atoms with Crippen molar-refractivity contribution >= 4 is 46.5 Å². The Labute approximate surface area is 245 Å². The fraction of sp³-hybridized carbons (Fsp3) is 0.333. The molecule has 0 radical (unpaired) electrons. The molecule has 3 N–H and O–H groups in total. The number of benzene rings is 3. The highest BCUT2D eigenvalue weighted by Gasteiger charge is 2.78. The summed E-state index contributed by atoms with van der Waals surface area (Å²) in [4.78, 5) is 30.3. The highest BCUT2D eigenvalue weighted by atomic mass is 35.5. The van der Waals surface area contributed by atoms with Gasteiger partial charge in [-0.1, -0.05) is 65.7 Å². The summed E-state index contributed by atoms with van der Waals surface area (Å²) in [5, 5.41) is 25.3. The van der Waals surface area contributed by atoms with E-state index in [1.807, 2.05) is 36.4 Å². The SMILES string of the molecule is CN(C(=O)C1(C)[C@H]2CC(F)(F)CN2[C@@]2(c3cc(Cl)cc(Cl)c3NC2O)[C@H]1C(=O)O)c1cccc(-c2ccccc2)c1. The van der Waals surface area contributed by atoms with Gasteiger partial charge in [0.1, 0.15) is 11.8 Å². The van der Waals surface area contributed by atoms with Crippen LogP contribution in [-0.2, 0) is 15.1 Å². The largest absolute Gasteiger partial charge is 0.481 e. The highest BCUT2D eigenvalue weighted by molar-refractivity contribution is 6.36. The average molecular weight is 602 g/mol. The molecule has 0 aromatic heterocycles. The molecule has 2 unspecified atom stereocenters. The Morgan fingerprint density at radius 2 is 1.73 bits per heavy atom. The molecular formula is C30H27Cl2F2N3O4. The number of carbonyl (C=O) groups is 2. The number of carboxylic acid groups (broad SMARTS) is 1. The third kappa shape index (κ3) is 3.90. The van der Waals surface area contributed by atoms with Crippen LogP contribution in [-0.4, -0.2) is 58.8 Å². The van der Waals surface area contributed by atoms with Crippen LogP contribution in [0.4, 0.5) is 20.2 Å². The van der Waals surface area contributed by atoms with E-state index in [9.17, 15) is 19.8 Å². The first-order chi connectivity index (χ1) is 19.3. The standard InChI is InChI=1S/C30H27Cl2F2N3O4/c1-28(27(41)36(2)19-10-6-9-17(11-19)16-7-4-3-5-8-16)22-14-29(33,34)15-37(22)30(24(28)25(38)39)20-12-18(31)13-21(32)23(20)35-26(30)40/h3-13,22,24,26,35,40H,14-15H2,1-2H3,(H,38,39)/t22-,24+,26?,28?,30+/m1/s1. The van der Waals surface area contributed by atoms with Crippen molar-refractivity contribution < 1.29 is 28.6 Å². The van der Waals surface area contributed by atoms with Crippen LogP contribution in [0.15, 0.2) is 66.7 Å². The number of nitrogens with zero attached hydrogens (tertiary/aromatic N) is 2. The number of nitrogens with one attached hydrogen (secondary N) is 1. The van der Waals surface area contributed by atoms with Gasteiger partial charge in [0.25, 0.3) is 5.92 Å². The van der Waals surface area contributed by atoms with Gasteiger partial charge in [-0.25, -0.2) is 8.78 Å². The van der Waals surface area contributed by atoms with Crippen LogP contribution in [0.25, 0.3) is 11.1 Å². The maximum absolute atomic E-state index is 15.2. The van der Waals surface area contributed by atoms with Crippen LogP contribution in [0.2, 0.25) is 10.0 Å². The number of aliphatic hydroxyl groups is 1. The molecule has 2 fully saturated rings. The topological polar surface area (TPSA) is 93.1 Å². The lowest BCUT2D eigenvalue weighted by Crippen LogP contribution is -2.58. The van der Waals surface area contributed by atoms with Gasteiger partial charge in [-0.05, 0) is 42.3 Å². The molecule has 2 saturated heterocycles. The first-order valence-electron chi connectivity index (χ1n) is 13.1.